The van der Waals surface area contributed by atoms with Gasteiger partial charge in [0.1, 0.15) is 17.2 Å². The van der Waals surface area contributed by atoms with E-state index in [-0.39, 0.29) is 5.56 Å². The largest absolute Gasteiger partial charge is 0.383 e. The molecule has 1 aliphatic rings. The van der Waals surface area contributed by atoms with E-state index in [1.807, 2.05) is 77.5 Å². The van der Waals surface area contributed by atoms with Crippen molar-refractivity contribution in [3.63, 3.8) is 0 Å². The zero-order chi connectivity index (χ0) is 24.9. The van der Waals surface area contributed by atoms with Gasteiger partial charge >= 0.3 is 0 Å². The maximum absolute atomic E-state index is 13.3. The number of aromatic nitrogens is 3. The van der Waals surface area contributed by atoms with Crippen molar-refractivity contribution < 1.29 is 0 Å². The van der Waals surface area contributed by atoms with Crippen molar-refractivity contribution in [3.05, 3.63) is 100 Å². The number of aliphatic imine (C=N–C) groups is 1. The Kier molecular flexibility index (Phi) is 6.95. The van der Waals surface area contributed by atoms with Crippen LogP contribution in [0, 0.1) is 5.92 Å². The van der Waals surface area contributed by atoms with Gasteiger partial charge in [0.05, 0.1) is 12.2 Å². The third kappa shape index (κ3) is 5.08. The number of amidine groups is 1. The summed E-state index contributed by atoms with van der Waals surface area (Å²) in [4.78, 5) is 22.6. The van der Waals surface area contributed by atoms with Crippen LogP contribution in [-0.4, -0.2) is 33.3 Å². The summed E-state index contributed by atoms with van der Waals surface area (Å²) < 4.78 is 3.48. The summed E-state index contributed by atoms with van der Waals surface area (Å²) >= 11 is 0. The Balaban J connectivity index is 1.46. The first kappa shape index (κ1) is 23.6. The molecule has 0 amide bonds. The lowest BCUT2D eigenvalue weighted by Crippen LogP contribution is -2.26. The van der Waals surface area contributed by atoms with E-state index in [1.54, 1.807) is 17.9 Å². The van der Waals surface area contributed by atoms with Gasteiger partial charge in [-0.05, 0) is 55.3 Å². The van der Waals surface area contributed by atoms with E-state index in [0.29, 0.717) is 36.2 Å². The van der Waals surface area contributed by atoms with E-state index in [0.717, 1.165) is 42.0 Å². The van der Waals surface area contributed by atoms with Gasteiger partial charge in [-0.3, -0.25) is 24.1 Å². The predicted molar refractivity (Wildman–Crippen MR) is 145 cm³/mol. The van der Waals surface area contributed by atoms with Crippen LogP contribution in [0.2, 0.25) is 0 Å². The van der Waals surface area contributed by atoms with Gasteiger partial charge < -0.3 is 16.4 Å². The van der Waals surface area contributed by atoms with Crippen molar-refractivity contribution in [2.45, 2.75) is 19.5 Å². The van der Waals surface area contributed by atoms with Gasteiger partial charge in [0.15, 0.2) is 0 Å². The molecule has 1 fully saturated rings. The minimum atomic E-state index is -0.161. The summed E-state index contributed by atoms with van der Waals surface area (Å²) in [5.41, 5.74) is 10.7. The number of rotatable bonds is 7. The summed E-state index contributed by atoms with van der Waals surface area (Å²) in [5.74, 6) is 1.34. The Morgan fingerprint density at radius 1 is 1.11 bits per heavy atom. The summed E-state index contributed by atoms with van der Waals surface area (Å²) in [5, 5.41) is 6.72. The zero-order valence-corrected chi connectivity index (χ0v) is 20.4. The van der Waals surface area contributed by atoms with Crippen molar-refractivity contribution in [3.8, 4) is 11.3 Å². The molecule has 4 aromatic rings. The fourth-order valence-electron chi connectivity index (χ4n) is 4.55. The summed E-state index contributed by atoms with van der Waals surface area (Å²) in [6.45, 7) is 3.02. The van der Waals surface area contributed by atoms with Crippen molar-refractivity contribution in [1.82, 2.24) is 19.7 Å². The molecule has 8 nitrogen and oxygen atoms in total. The molecule has 1 saturated heterocycles. The summed E-state index contributed by atoms with van der Waals surface area (Å²) in [6.07, 6.45) is 2.86. The lowest BCUT2D eigenvalue weighted by Gasteiger charge is -2.14. The lowest BCUT2D eigenvalue weighted by atomic mass is 10.1. The van der Waals surface area contributed by atoms with Crippen LogP contribution in [0.25, 0.3) is 11.3 Å². The second-order valence-corrected chi connectivity index (χ2v) is 9.10. The zero-order valence-electron chi connectivity index (χ0n) is 20.4. The first-order valence-corrected chi connectivity index (χ1v) is 12.2. The van der Waals surface area contributed by atoms with E-state index in [1.165, 1.54) is 0 Å². The Bertz CT molecular complexity index is 1380. The molecule has 4 N–H and O–H groups in total. The number of nitrogens with zero attached hydrogens (tertiary/aromatic N) is 4. The van der Waals surface area contributed by atoms with Crippen molar-refractivity contribution >= 4 is 17.3 Å². The fourth-order valence-corrected chi connectivity index (χ4v) is 4.55. The SMILES string of the molecule is Cn1c(=O)c(C(=NCc2ccc(-c3ccccn3)cc2)Nc2ccccc2)c(N)n1CC1CCNC1. The van der Waals surface area contributed by atoms with E-state index >= 15 is 0 Å². The average Bonchev–Trinajstić information content (AvgIpc) is 3.51. The minimum Gasteiger partial charge on any atom is -0.383 e. The van der Waals surface area contributed by atoms with Gasteiger partial charge in [0.2, 0.25) is 0 Å². The van der Waals surface area contributed by atoms with Crippen LogP contribution in [0.1, 0.15) is 17.5 Å². The Labute approximate surface area is 210 Å². The second kappa shape index (κ2) is 10.6. The molecule has 1 aliphatic heterocycles. The Morgan fingerprint density at radius 2 is 1.89 bits per heavy atom. The first-order valence-electron chi connectivity index (χ1n) is 12.2. The molecular formula is C28H31N7O. The normalized spacial score (nSPS) is 15.8. The quantitative estimate of drug-likeness (QED) is 0.277. The highest BCUT2D eigenvalue weighted by atomic mass is 16.1. The standard InChI is InChI=1S/C28H31N7O/c1-34-28(36)25(26(29)35(34)19-21-14-16-30-17-21)27(33-23-7-3-2-4-8-23)32-18-20-10-12-22(13-11-20)24-9-5-6-15-31-24/h2-13,15,21,30H,14,16-19,29H2,1H3,(H,32,33). The van der Waals surface area contributed by atoms with Crippen molar-refractivity contribution in [2.24, 2.45) is 18.0 Å². The molecule has 0 saturated carbocycles. The minimum absolute atomic E-state index is 0.161. The van der Waals surface area contributed by atoms with Crippen LogP contribution in [0.15, 0.2) is 88.8 Å². The van der Waals surface area contributed by atoms with E-state index < -0.39 is 0 Å². The fraction of sp³-hybridized carbons (Fsp3) is 0.250. The molecule has 0 spiro atoms. The molecule has 0 aliphatic carbocycles. The first-order chi connectivity index (χ1) is 17.6. The number of hydrogen-bond acceptors (Lipinski definition) is 5. The van der Waals surface area contributed by atoms with Crippen molar-refractivity contribution in [1.29, 1.82) is 0 Å². The number of benzene rings is 2. The molecule has 1 unspecified atom stereocenters. The van der Waals surface area contributed by atoms with Crippen LogP contribution >= 0.6 is 0 Å². The van der Waals surface area contributed by atoms with Crippen LogP contribution in [0.3, 0.4) is 0 Å². The van der Waals surface area contributed by atoms with Gasteiger partial charge in [-0.25, -0.2) is 0 Å². The predicted octanol–water partition coefficient (Wildman–Crippen LogP) is 3.50. The number of nitrogens with one attached hydrogen (secondary N) is 2. The van der Waals surface area contributed by atoms with Gasteiger partial charge in [-0.1, -0.05) is 48.5 Å². The Hall–Kier alpha value is -4.17. The number of nitrogens with two attached hydrogens (primary N) is 1. The molecule has 3 heterocycles. The Morgan fingerprint density at radius 3 is 2.58 bits per heavy atom. The van der Waals surface area contributed by atoms with Crippen LogP contribution in [0.4, 0.5) is 11.5 Å². The monoisotopic (exact) mass is 481 g/mol. The molecule has 184 valence electrons. The molecule has 8 heteroatoms. The maximum atomic E-state index is 13.3. The van der Waals surface area contributed by atoms with Gasteiger partial charge in [0, 0.05) is 31.0 Å². The highest BCUT2D eigenvalue weighted by Crippen LogP contribution is 2.20. The number of hydrogen-bond donors (Lipinski definition) is 3. The summed E-state index contributed by atoms with van der Waals surface area (Å²) in [7, 11) is 1.76. The second-order valence-electron chi connectivity index (χ2n) is 9.10. The van der Waals surface area contributed by atoms with E-state index in [9.17, 15) is 4.79 Å². The van der Waals surface area contributed by atoms with Crippen molar-refractivity contribution in [2.75, 3.05) is 24.1 Å². The molecule has 5 rings (SSSR count). The number of para-hydroxylation sites is 1. The molecule has 2 aromatic carbocycles. The van der Waals surface area contributed by atoms with Crippen LogP contribution in [-0.2, 0) is 20.1 Å². The molecule has 0 radical (unpaired) electrons. The number of anilines is 2. The highest BCUT2D eigenvalue weighted by molar-refractivity contribution is 6.10. The molecular weight excluding hydrogens is 450 g/mol. The molecule has 2 aromatic heterocycles. The summed E-state index contributed by atoms with van der Waals surface area (Å²) in [6, 6.07) is 23.7. The maximum Gasteiger partial charge on any atom is 0.279 e. The topological polar surface area (TPSA) is 102 Å². The number of nitrogen functional groups attached to an aromatic ring is 1. The van der Waals surface area contributed by atoms with E-state index in [2.05, 4.69) is 15.6 Å². The average molecular weight is 482 g/mol. The smallest absolute Gasteiger partial charge is 0.279 e. The molecule has 0 bridgehead atoms. The lowest BCUT2D eigenvalue weighted by molar-refractivity contribution is 0.405. The van der Waals surface area contributed by atoms with Gasteiger partial charge in [-0.15, -0.1) is 0 Å². The van der Waals surface area contributed by atoms with Crippen LogP contribution < -0.4 is 21.9 Å². The van der Waals surface area contributed by atoms with Crippen LogP contribution in [0.5, 0.6) is 0 Å². The number of pyridine rings is 1. The van der Waals surface area contributed by atoms with Gasteiger partial charge in [-0.2, -0.15) is 0 Å². The molecule has 36 heavy (non-hydrogen) atoms. The van der Waals surface area contributed by atoms with Gasteiger partial charge in [0.25, 0.3) is 5.56 Å². The third-order valence-electron chi connectivity index (χ3n) is 6.61. The highest BCUT2D eigenvalue weighted by Gasteiger charge is 2.24. The third-order valence-corrected chi connectivity index (χ3v) is 6.61. The van der Waals surface area contributed by atoms with E-state index in [4.69, 9.17) is 10.7 Å². The molecule has 1 atom stereocenters.